The molecule has 6 heteroatoms. The molecule has 0 aliphatic heterocycles. The highest BCUT2D eigenvalue weighted by Gasteiger charge is 2.19. The van der Waals surface area contributed by atoms with Crippen molar-refractivity contribution in [2.45, 2.75) is 341 Å². The van der Waals surface area contributed by atoms with Crippen molar-refractivity contribution in [3.05, 3.63) is 72.9 Å². The predicted octanol–water partition coefficient (Wildman–Crippen LogP) is 22.5. The second-order valence-electron chi connectivity index (χ2n) is 22.0. The number of esters is 3. The highest BCUT2D eigenvalue weighted by Crippen LogP contribution is 2.17. The van der Waals surface area contributed by atoms with Gasteiger partial charge in [-0.3, -0.25) is 14.4 Å². The topological polar surface area (TPSA) is 78.9 Å². The van der Waals surface area contributed by atoms with E-state index in [9.17, 15) is 14.4 Å². The summed E-state index contributed by atoms with van der Waals surface area (Å²) >= 11 is 0. The van der Waals surface area contributed by atoms with E-state index in [0.717, 1.165) is 116 Å². The third kappa shape index (κ3) is 61.7. The van der Waals surface area contributed by atoms with Gasteiger partial charge in [-0.15, -0.1) is 0 Å². The molecule has 0 saturated heterocycles. The van der Waals surface area contributed by atoms with Gasteiger partial charge < -0.3 is 14.2 Å². The fraction of sp³-hybridized carbons (Fsp3) is 0.786. The number of allylic oxidation sites excluding steroid dienone is 12. The number of rotatable bonds is 60. The molecule has 0 amide bonds. The van der Waals surface area contributed by atoms with Crippen LogP contribution in [0.4, 0.5) is 0 Å². The van der Waals surface area contributed by atoms with Crippen molar-refractivity contribution in [1.29, 1.82) is 0 Å². The number of hydrogen-bond donors (Lipinski definition) is 0. The maximum absolute atomic E-state index is 12.9. The second-order valence-corrected chi connectivity index (χ2v) is 22.0. The number of carbonyl (C=O) groups excluding carboxylic acids is 3. The van der Waals surface area contributed by atoms with Crippen LogP contribution in [0.2, 0.25) is 0 Å². The lowest BCUT2D eigenvalue weighted by molar-refractivity contribution is -0.167. The smallest absolute Gasteiger partial charge is 0.306 e. The zero-order chi connectivity index (χ0) is 55.0. The maximum Gasteiger partial charge on any atom is 0.306 e. The monoisotopic (exact) mass is 1060 g/mol. The fourth-order valence-electron chi connectivity index (χ4n) is 9.53. The molecule has 6 nitrogen and oxygen atoms in total. The van der Waals surface area contributed by atoms with E-state index in [1.54, 1.807) is 0 Å². The third-order valence-electron chi connectivity index (χ3n) is 14.4. The van der Waals surface area contributed by atoms with Crippen LogP contribution in [-0.4, -0.2) is 37.2 Å². The summed E-state index contributed by atoms with van der Waals surface area (Å²) in [7, 11) is 0. The first-order valence-corrected chi connectivity index (χ1v) is 32.9. The van der Waals surface area contributed by atoms with Gasteiger partial charge in [0.15, 0.2) is 6.10 Å². The Hall–Kier alpha value is -3.15. The molecule has 0 spiro atoms. The van der Waals surface area contributed by atoms with Gasteiger partial charge in [0, 0.05) is 19.3 Å². The molecule has 440 valence electrons. The van der Waals surface area contributed by atoms with Crippen LogP contribution >= 0.6 is 0 Å². The Bertz CT molecular complexity index is 1400. The van der Waals surface area contributed by atoms with Gasteiger partial charge in [-0.1, -0.05) is 299 Å². The first-order chi connectivity index (χ1) is 37.5. The summed E-state index contributed by atoms with van der Waals surface area (Å²) in [6.45, 7) is 6.52. The summed E-state index contributed by atoms with van der Waals surface area (Å²) in [5.74, 6) is -0.896. The minimum atomic E-state index is -0.789. The zero-order valence-electron chi connectivity index (χ0n) is 50.5. The van der Waals surface area contributed by atoms with E-state index in [4.69, 9.17) is 14.2 Å². The Labute approximate surface area is 472 Å². The van der Waals surface area contributed by atoms with Crippen molar-refractivity contribution in [3.8, 4) is 0 Å². The molecule has 0 bridgehead atoms. The van der Waals surface area contributed by atoms with Crippen LogP contribution < -0.4 is 0 Å². The summed E-state index contributed by atoms with van der Waals surface area (Å²) in [5, 5.41) is 0. The lowest BCUT2D eigenvalue weighted by Gasteiger charge is -2.18. The molecular formula is C70H124O6. The summed E-state index contributed by atoms with van der Waals surface area (Å²) in [5.41, 5.74) is 0. The Balaban J connectivity index is 4.28. The van der Waals surface area contributed by atoms with E-state index >= 15 is 0 Å². The maximum atomic E-state index is 12.9. The van der Waals surface area contributed by atoms with E-state index in [1.807, 2.05) is 0 Å². The normalized spacial score (nSPS) is 12.5. The van der Waals surface area contributed by atoms with Gasteiger partial charge in [0.05, 0.1) is 0 Å². The van der Waals surface area contributed by atoms with Gasteiger partial charge in [0.1, 0.15) is 13.2 Å². The van der Waals surface area contributed by atoms with Gasteiger partial charge in [-0.2, -0.15) is 0 Å². The number of unbranched alkanes of at least 4 members (excludes halogenated alkanes) is 37. The van der Waals surface area contributed by atoms with Gasteiger partial charge in [-0.25, -0.2) is 0 Å². The summed E-state index contributed by atoms with van der Waals surface area (Å²) in [4.78, 5) is 38.3. The largest absolute Gasteiger partial charge is 0.462 e. The Kier molecular flexibility index (Phi) is 61.7. The van der Waals surface area contributed by atoms with Crippen molar-refractivity contribution >= 4 is 17.9 Å². The first kappa shape index (κ1) is 72.8. The van der Waals surface area contributed by atoms with Crippen LogP contribution in [0.3, 0.4) is 0 Å². The van der Waals surface area contributed by atoms with E-state index in [-0.39, 0.29) is 31.1 Å². The molecule has 0 aromatic carbocycles. The lowest BCUT2D eigenvalue weighted by atomic mass is 10.0. The minimum absolute atomic E-state index is 0.0832. The van der Waals surface area contributed by atoms with Crippen molar-refractivity contribution in [1.82, 2.24) is 0 Å². The molecule has 76 heavy (non-hydrogen) atoms. The van der Waals surface area contributed by atoms with Crippen LogP contribution in [0, 0.1) is 0 Å². The lowest BCUT2D eigenvalue weighted by Crippen LogP contribution is -2.30. The molecule has 0 aromatic rings. The van der Waals surface area contributed by atoms with Crippen LogP contribution in [-0.2, 0) is 28.6 Å². The summed E-state index contributed by atoms with van der Waals surface area (Å²) in [6.07, 6.45) is 83.5. The average Bonchev–Trinajstić information content (AvgIpc) is 3.42. The first-order valence-electron chi connectivity index (χ1n) is 32.9. The molecule has 0 saturated carbocycles. The van der Waals surface area contributed by atoms with Gasteiger partial charge in [0.2, 0.25) is 0 Å². The van der Waals surface area contributed by atoms with E-state index in [2.05, 4.69) is 93.7 Å². The molecule has 0 rings (SSSR count). The second kappa shape index (κ2) is 64.4. The van der Waals surface area contributed by atoms with Crippen molar-refractivity contribution in [2.75, 3.05) is 13.2 Å². The highest BCUT2D eigenvalue weighted by molar-refractivity contribution is 5.71. The molecule has 0 N–H and O–H groups in total. The van der Waals surface area contributed by atoms with E-state index in [1.165, 1.54) is 180 Å². The van der Waals surface area contributed by atoms with Gasteiger partial charge in [0.25, 0.3) is 0 Å². The number of hydrogen-bond acceptors (Lipinski definition) is 6. The molecule has 1 unspecified atom stereocenters. The van der Waals surface area contributed by atoms with Crippen LogP contribution in [0.5, 0.6) is 0 Å². The molecular weight excluding hydrogens is 937 g/mol. The standard InChI is InChI=1S/C70H124O6/c1-4-7-10-13-16-19-22-25-27-29-31-33-34-35-36-38-39-41-43-45-48-51-54-57-60-63-69(72)75-66-67(65-74-68(71)62-59-56-53-50-47-24-21-18-15-12-9-6-3)76-70(73)64-61-58-55-52-49-46-44-42-40-37-32-30-28-26-23-20-17-14-11-8-5-2/h8,11,17-18,20-21,26,28,32,37,42,44,67H,4-7,9-10,12-16,19,22-25,27,29-31,33-36,38-41,43,45-66H2,1-3H3/b11-8-,20-17-,21-18-,28-26-,37-32-,44-42-. The molecule has 0 aliphatic rings. The van der Waals surface area contributed by atoms with Crippen molar-refractivity contribution < 1.29 is 28.6 Å². The SMILES string of the molecule is CC/C=C\C/C=C\C/C=C\C/C=C\C/C=C\CCCCCCCC(=O)OC(COC(=O)CCCCCCC/C=C\CCCCC)COC(=O)CCCCCCCCCCCCCCCCCCCCCCCCCCC. The zero-order valence-corrected chi connectivity index (χ0v) is 50.5. The van der Waals surface area contributed by atoms with E-state index in [0.29, 0.717) is 19.3 Å². The average molecular weight is 1060 g/mol. The summed E-state index contributed by atoms with van der Waals surface area (Å²) in [6, 6.07) is 0. The highest BCUT2D eigenvalue weighted by atomic mass is 16.6. The number of ether oxygens (including phenoxy) is 3. The van der Waals surface area contributed by atoms with E-state index < -0.39 is 6.10 Å². The fourth-order valence-corrected chi connectivity index (χ4v) is 9.53. The van der Waals surface area contributed by atoms with Crippen LogP contribution in [0.1, 0.15) is 335 Å². The Morgan fingerprint density at radius 3 is 0.842 bits per heavy atom. The van der Waals surface area contributed by atoms with Crippen LogP contribution in [0.25, 0.3) is 0 Å². The molecule has 0 aliphatic carbocycles. The molecule has 1 atom stereocenters. The Morgan fingerprint density at radius 2 is 0.513 bits per heavy atom. The van der Waals surface area contributed by atoms with Crippen LogP contribution in [0.15, 0.2) is 72.9 Å². The molecule has 0 radical (unpaired) electrons. The third-order valence-corrected chi connectivity index (χ3v) is 14.4. The molecule has 0 fully saturated rings. The summed E-state index contributed by atoms with van der Waals surface area (Å²) < 4.78 is 16.9. The molecule has 0 heterocycles. The van der Waals surface area contributed by atoms with Crippen molar-refractivity contribution in [3.63, 3.8) is 0 Å². The molecule has 0 aromatic heterocycles. The van der Waals surface area contributed by atoms with Gasteiger partial charge in [-0.05, 0) is 89.9 Å². The van der Waals surface area contributed by atoms with Crippen molar-refractivity contribution in [2.24, 2.45) is 0 Å². The Morgan fingerprint density at radius 1 is 0.276 bits per heavy atom. The quantitative estimate of drug-likeness (QED) is 0.0261. The number of carbonyl (C=O) groups is 3. The van der Waals surface area contributed by atoms with Gasteiger partial charge >= 0.3 is 17.9 Å². The minimum Gasteiger partial charge on any atom is -0.462 e. The predicted molar refractivity (Wildman–Crippen MR) is 330 cm³/mol.